The number of carbonyl (C=O) groups excluding carboxylic acids is 1. The van der Waals surface area contributed by atoms with Crippen LogP contribution in [0.3, 0.4) is 0 Å². The molecule has 0 heterocycles. The van der Waals surface area contributed by atoms with Crippen molar-refractivity contribution < 1.29 is 9.90 Å². The lowest BCUT2D eigenvalue weighted by Crippen LogP contribution is -2.42. The summed E-state index contributed by atoms with van der Waals surface area (Å²) in [5.74, 6) is -0.226. The van der Waals surface area contributed by atoms with Crippen LogP contribution in [0.25, 0.3) is 0 Å². The topological polar surface area (TPSA) is 49.3 Å². The number of halogens is 2. The monoisotopic (exact) mass is 287 g/mol. The molecule has 0 bridgehead atoms. The average Bonchev–Trinajstić information content (AvgIpc) is 2.35. The van der Waals surface area contributed by atoms with Gasteiger partial charge in [-0.2, -0.15) is 0 Å². The van der Waals surface area contributed by atoms with Crippen molar-refractivity contribution in [3.63, 3.8) is 0 Å². The molecular weight excluding hydrogens is 273 g/mol. The van der Waals surface area contributed by atoms with Crippen molar-refractivity contribution in [1.29, 1.82) is 0 Å². The number of rotatable bonds is 2. The maximum atomic E-state index is 12.0. The van der Waals surface area contributed by atoms with Gasteiger partial charge >= 0.3 is 0 Å². The van der Waals surface area contributed by atoms with Gasteiger partial charge in [0.25, 0.3) is 5.91 Å². The summed E-state index contributed by atoms with van der Waals surface area (Å²) in [7, 11) is 0. The van der Waals surface area contributed by atoms with Crippen molar-refractivity contribution in [1.82, 2.24) is 5.32 Å². The minimum absolute atomic E-state index is 0.00436. The molecule has 2 rings (SSSR count). The molecule has 3 nitrogen and oxygen atoms in total. The Morgan fingerprint density at radius 1 is 1.33 bits per heavy atom. The molecule has 1 amide bonds. The van der Waals surface area contributed by atoms with Crippen molar-refractivity contribution in [3.05, 3.63) is 28.8 Å². The molecule has 0 aromatic heterocycles. The standard InChI is InChI=1S/C13H15Cl2NO2/c14-9-3-1-2-4-11(9)16-13(18)8-5-6-12(17)10(15)7-8/h5-7,9,11,17H,1-4H2,(H,16,18). The molecule has 0 saturated heterocycles. The number of hydrogen-bond acceptors (Lipinski definition) is 2. The number of benzene rings is 1. The Labute approximate surface area is 116 Å². The van der Waals surface area contributed by atoms with Gasteiger partial charge in [-0.1, -0.05) is 24.4 Å². The number of carbonyl (C=O) groups is 1. The summed E-state index contributed by atoms with van der Waals surface area (Å²) in [5.41, 5.74) is 0.437. The summed E-state index contributed by atoms with van der Waals surface area (Å²) in [6.07, 6.45) is 4.05. The zero-order valence-corrected chi connectivity index (χ0v) is 11.3. The van der Waals surface area contributed by atoms with Crippen molar-refractivity contribution in [2.45, 2.75) is 37.1 Å². The van der Waals surface area contributed by atoms with Gasteiger partial charge in [-0.3, -0.25) is 4.79 Å². The van der Waals surface area contributed by atoms with Gasteiger partial charge in [0.1, 0.15) is 5.75 Å². The minimum Gasteiger partial charge on any atom is -0.506 e. The van der Waals surface area contributed by atoms with Crippen molar-refractivity contribution in [2.24, 2.45) is 0 Å². The fraction of sp³-hybridized carbons (Fsp3) is 0.462. The third-order valence-electron chi connectivity index (χ3n) is 3.21. The molecule has 1 aliphatic carbocycles. The van der Waals surface area contributed by atoms with E-state index >= 15 is 0 Å². The Kier molecular flexibility index (Phi) is 4.36. The molecule has 98 valence electrons. The molecule has 2 atom stereocenters. The summed E-state index contributed by atoms with van der Waals surface area (Å²) in [4.78, 5) is 12.0. The molecule has 18 heavy (non-hydrogen) atoms. The summed E-state index contributed by atoms with van der Waals surface area (Å²) < 4.78 is 0. The molecule has 1 aromatic carbocycles. The van der Waals surface area contributed by atoms with E-state index in [-0.39, 0.29) is 28.1 Å². The van der Waals surface area contributed by atoms with Crippen molar-refractivity contribution >= 4 is 29.1 Å². The maximum absolute atomic E-state index is 12.0. The number of nitrogens with one attached hydrogen (secondary N) is 1. The van der Waals surface area contributed by atoms with E-state index in [0.717, 1.165) is 25.7 Å². The SMILES string of the molecule is O=C(NC1CCCCC1Cl)c1ccc(O)c(Cl)c1. The summed E-state index contributed by atoms with van der Waals surface area (Å²) in [6.45, 7) is 0. The minimum atomic E-state index is -0.200. The molecule has 1 fully saturated rings. The highest BCUT2D eigenvalue weighted by atomic mass is 35.5. The second-order valence-corrected chi connectivity index (χ2v) is 5.51. The van der Waals surface area contributed by atoms with Crippen LogP contribution in [0.1, 0.15) is 36.0 Å². The van der Waals surface area contributed by atoms with Crippen LogP contribution >= 0.6 is 23.2 Å². The zero-order chi connectivity index (χ0) is 13.1. The second-order valence-electron chi connectivity index (χ2n) is 4.55. The van der Waals surface area contributed by atoms with E-state index in [2.05, 4.69) is 5.32 Å². The first-order valence-corrected chi connectivity index (χ1v) is 6.83. The first-order chi connectivity index (χ1) is 8.58. The zero-order valence-electron chi connectivity index (χ0n) is 9.83. The first-order valence-electron chi connectivity index (χ1n) is 6.01. The van der Waals surface area contributed by atoms with Crippen LogP contribution < -0.4 is 5.32 Å². The van der Waals surface area contributed by atoms with Gasteiger partial charge in [0, 0.05) is 11.6 Å². The number of phenols is 1. The van der Waals surface area contributed by atoms with Gasteiger partial charge < -0.3 is 10.4 Å². The Morgan fingerprint density at radius 3 is 2.72 bits per heavy atom. The third kappa shape index (κ3) is 3.09. The van der Waals surface area contributed by atoms with Crippen molar-refractivity contribution in [2.75, 3.05) is 0 Å². The largest absolute Gasteiger partial charge is 0.506 e. The van der Waals surface area contributed by atoms with E-state index < -0.39 is 0 Å². The lowest BCUT2D eigenvalue weighted by atomic mass is 9.94. The molecule has 2 unspecified atom stereocenters. The molecule has 1 aromatic rings. The second kappa shape index (κ2) is 5.81. The highest BCUT2D eigenvalue weighted by molar-refractivity contribution is 6.32. The Hall–Kier alpha value is -0.930. The number of hydrogen-bond donors (Lipinski definition) is 2. The smallest absolute Gasteiger partial charge is 0.251 e. The lowest BCUT2D eigenvalue weighted by molar-refractivity contribution is 0.0928. The lowest BCUT2D eigenvalue weighted by Gasteiger charge is -2.27. The third-order valence-corrected chi connectivity index (χ3v) is 4.03. The highest BCUT2D eigenvalue weighted by Gasteiger charge is 2.25. The molecule has 0 aliphatic heterocycles. The maximum Gasteiger partial charge on any atom is 0.251 e. The van der Waals surface area contributed by atoms with Gasteiger partial charge in [0.15, 0.2) is 0 Å². The van der Waals surface area contributed by atoms with Crippen LogP contribution in [-0.2, 0) is 0 Å². The van der Waals surface area contributed by atoms with Crippen LogP contribution in [0.5, 0.6) is 5.75 Å². The van der Waals surface area contributed by atoms with E-state index in [1.54, 1.807) is 6.07 Å². The van der Waals surface area contributed by atoms with Crippen molar-refractivity contribution in [3.8, 4) is 5.75 Å². The first kappa shape index (κ1) is 13.5. The summed E-state index contributed by atoms with van der Waals surface area (Å²) in [5, 5.41) is 12.4. The Morgan fingerprint density at radius 2 is 2.06 bits per heavy atom. The highest BCUT2D eigenvalue weighted by Crippen LogP contribution is 2.25. The molecule has 0 spiro atoms. The predicted molar refractivity (Wildman–Crippen MR) is 72.5 cm³/mol. The van der Waals surface area contributed by atoms with E-state index in [9.17, 15) is 9.90 Å². The summed E-state index contributed by atoms with van der Waals surface area (Å²) >= 11 is 12.0. The molecule has 1 saturated carbocycles. The number of aromatic hydroxyl groups is 1. The van der Waals surface area contributed by atoms with E-state index in [1.807, 2.05) is 0 Å². The molecule has 0 radical (unpaired) electrons. The van der Waals surface area contributed by atoms with Crippen LogP contribution in [0.4, 0.5) is 0 Å². The fourth-order valence-electron chi connectivity index (χ4n) is 2.15. The predicted octanol–water partition coefficient (Wildman–Crippen LogP) is 3.33. The number of phenolic OH excluding ortho intramolecular Hbond substituents is 1. The van der Waals surface area contributed by atoms with E-state index in [0.29, 0.717) is 5.56 Å². The Bertz CT molecular complexity index is 451. The van der Waals surface area contributed by atoms with Crippen LogP contribution in [0, 0.1) is 0 Å². The van der Waals surface area contributed by atoms with E-state index in [1.165, 1.54) is 12.1 Å². The number of amides is 1. The molecule has 5 heteroatoms. The number of alkyl halides is 1. The van der Waals surface area contributed by atoms with Crippen LogP contribution in [0.15, 0.2) is 18.2 Å². The van der Waals surface area contributed by atoms with Gasteiger partial charge in [-0.25, -0.2) is 0 Å². The van der Waals surface area contributed by atoms with Gasteiger partial charge in [-0.15, -0.1) is 11.6 Å². The van der Waals surface area contributed by atoms with Gasteiger partial charge in [0.05, 0.1) is 10.4 Å². The summed E-state index contributed by atoms with van der Waals surface area (Å²) in [6, 6.07) is 4.43. The fourth-order valence-corrected chi connectivity index (χ4v) is 2.67. The molecular formula is C13H15Cl2NO2. The van der Waals surface area contributed by atoms with Crippen LogP contribution in [0.2, 0.25) is 5.02 Å². The van der Waals surface area contributed by atoms with Gasteiger partial charge in [0.2, 0.25) is 0 Å². The normalized spacial score (nSPS) is 23.7. The molecule has 2 N–H and O–H groups in total. The average molecular weight is 288 g/mol. The van der Waals surface area contributed by atoms with Gasteiger partial charge in [-0.05, 0) is 31.0 Å². The Balaban J connectivity index is 2.04. The van der Waals surface area contributed by atoms with Crippen LogP contribution in [-0.4, -0.2) is 22.4 Å². The quantitative estimate of drug-likeness (QED) is 0.820. The molecule has 1 aliphatic rings. The van der Waals surface area contributed by atoms with E-state index in [4.69, 9.17) is 23.2 Å².